The third-order valence-electron chi connectivity index (χ3n) is 3.83. The molecular weight excluding hydrogens is 236 g/mol. The number of hydrogen-bond acceptors (Lipinski definition) is 2. The first-order valence-corrected chi connectivity index (χ1v) is 7.10. The van der Waals surface area contributed by atoms with Crippen molar-refractivity contribution in [3.05, 3.63) is 42.8 Å². The van der Waals surface area contributed by atoms with Crippen molar-refractivity contribution in [2.75, 3.05) is 19.6 Å². The van der Waals surface area contributed by atoms with Crippen LogP contribution in [0, 0.1) is 12.8 Å². The van der Waals surface area contributed by atoms with E-state index < -0.39 is 0 Å². The second-order valence-electron chi connectivity index (χ2n) is 5.34. The minimum absolute atomic E-state index is 0.165. The van der Waals surface area contributed by atoms with E-state index in [0.29, 0.717) is 0 Å². The molecule has 0 spiro atoms. The Kier molecular flexibility index (Phi) is 5.40. The summed E-state index contributed by atoms with van der Waals surface area (Å²) in [5.41, 5.74) is 1.39. The summed E-state index contributed by atoms with van der Waals surface area (Å²) >= 11 is 0. The first kappa shape index (κ1) is 14.1. The zero-order valence-electron chi connectivity index (χ0n) is 11.5. The average molecular weight is 259 g/mol. The molecule has 1 aliphatic rings. The van der Waals surface area contributed by atoms with Crippen LogP contribution in [0.5, 0.6) is 0 Å². The van der Waals surface area contributed by atoms with Gasteiger partial charge >= 0.3 is 0 Å². The van der Waals surface area contributed by atoms with Crippen molar-refractivity contribution in [3.63, 3.8) is 0 Å². The predicted octanol–water partition coefficient (Wildman–Crippen LogP) is 2.24. The van der Waals surface area contributed by atoms with Gasteiger partial charge in [0, 0.05) is 20.0 Å². The number of amides is 1. The Morgan fingerprint density at radius 1 is 1.26 bits per heavy atom. The summed E-state index contributed by atoms with van der Waals surface area (Å²) in [6, 6.07) is 10.6. The number of nitrogens with zero attached hydrogens (tertiary/aromatic N) is 1. The van der Waals surface area contributed by atoms with Gasteiger partial charge in [-0.2, -0.15) is 0 Å². The molecule has 0 saturated carbocycles. The van der Waals surface area contributed by atoms with Crippen molar-refractivity contribution in [1.82, 2.24) is 10.2 Å². The summed E-state index contributed by atoms with van der Waals surface area (Å²) in [6.45, 7) is 7.48. The second-order valence-corrected chi connectivity index (χ2v) is 5.34. The van der Waals surface area contributed by atoms with Crippen LogP contribution in [0.4, 0.5) is 0 Å². The first-order valence-electron chi connectivity index (χ1n) is 7.10. The Balaban J connectivity index is 1.66. The maximum Gasteiger partial charge on any atom is 0.220 e. The van der Waals surface area contributed by atoms with Crippen molar-refractivity contribution in [2.24, 2.45) is 5.92 Å². The monoisotopic (exact) mass is 259 g/mol. The highest BCUT2D eigenvalue weighted by molar-refractivity contribution is 5.79. The van der Waals surface area contributed by atoms with Gasteiger partial charge in [-0.3, -0.25) is 9.69 Å². The zero-order chi connectivity index (χ0) is 13.5. The molecule has 1 heterocycles. The molecule has 0 bridgehead atoms. The van der Waals surface area contributed by atoms with Gasteiger partial charge in [-0.15, -0.1) is 0 Å². The first-order chi connectivity index (χ1) is 9.24. The van der Waals surface area contributed by atoms with Crippen LogP contribution in [0.15, 0.2) is 30.3 Å². The topological polar surface area (TPSA) is 32.3 Å². The molecule has 0 aromatic heterocycles. The lowest BCUT2D eigenvalue weighted by Gasteiger charge is -2.32. The van der Waals surface area contributed by atoms with Crippen LogP contribution in [0.1, 0.15) is 24.8 Å². The Labute approximate surface area is 116 Å². The molecule has 1 saturated heterocycles. The van der Waals surface area contributed by atoms with Gasteiger partial charge in [-0.1, -0.05) is 30.3 Å². The van der Waals surface area contributed by atoms with Crippen LogP contribution < -0.4 is 5.32 Å². The number of piperidine rings is 1. The van der Waals surface area contributed by atoms with Gasteiger partial charge in [-0.05, 0) is 43.8 Å². The van der Waals surface area contributed by atoms with Gasteiger partial charge in [0.2, 0.25) is 5.91 Å². The number of benzene rings is 1. The van der Waals surface area contributed by atoms with Crippen LogP contribution in [0.25, 0.3) is 0 Å². The molecule has 0 atom stereocenters. The van der Waals surface area contributed by atoms with Gasteiger partial charge < -0.3 is 5.32 Å². The van der Waals surface area contributed by atoms with Crippen molar-refractivity contribution in [2.45, 2.75) is 25.8 Å². The minimum Gasteiger partial charge on any atom is -0.356 e. The van der Waals surface area contributed by atoms with Crippen LogP contribution in [0.2, 0.25) is 0 Å². The third kappa shape index (κ3) is 5.03. The second kappa shape index (κ2) is 7.29. The molecule has 3 heteroatoms. The highest BCUT2D eigenvalue weighted by atomic mass is 16.1. The van der Waals surface area contributed by atoms with Crippen molar-refractivity contribution >= 4 is 5.91 Å². The summed E-state index contributed by atoms with van der Waals surface area (Å²) in [4.78, 5) is 13.2. The van der Waals surface area contributed by atoms with Gasteiger partial charge in [0.15, 0.2) is 0 Å². The number of carbonyl (C=O) groups excluding carboxylic acids is 1. The molecule has 1 fully saturated rings. The van der Waals surface area contributed by atoms with Crippen molar-refractivity contribution in [3.8, 4) is 0 Å². The van der Waals surface area contributed by atoms with E-state index in [1.807, 2.05) is 0 Å². The van der Waals surface area contributed by atoms with Gasteiger partial charge in [0.05, 0.1) is 0 Å². The summed E-state index contributed by atoms with van der Waals surface area (Å²) in [5, 5.41) is 2.78. The molecule has 1 aromatic rings. The quantitative estimate of drug-likeness (QED) is 0.879. The van der Waals surface area contributed by atoms with Crippen molar-refractivity contribution in [1.29, 1.82) is 0 Å². The number of hydrogen-bond donors (Lipinski definition) is 1. The molecule has 1 radical (unpaired) electrons. The van der Waals surface area contributed by atoms with E-state index in [1.165, 1.54) is 18.4 Å². The number of rotatable bonds is 5. The predicted molar refractivity (Wildman–Crippen MR) is 77.4 cm³/mol. The van der Waals surface area contributed by atoms with E-state index in [1.54, 1.807) is 0 Å². The zero-order valence-corrected chi connectivity index (χ0v) is 11.5. The lowest BCUT2D eigenvalue weighted by molar-refractivity contribution is -0.116. The highest BCUT2D eigenvalue weighted by Crippen LogP contribution is 2.21. The molecule has 1 aromatic carbocycles. The maximum absolute atomic E-state index is 10.7. The van der Waals surface area contributed by atoms with E-state index in [9.17, 15) is 4.79 Å². The molecule has 0 unspecified atom stereocenters. The summed E-state index contributed by atoms with van der Waals surface area (Å²) in [6.07, 6.45) is 3.56. The smallest absolute Gasteiger partial charge is 0.220 e. The molecule has 3 nitrogen and oxygen atoms in total. The molecule has 0 aliphatic carbocycles. The number of likely N-dealkylation sites (tertiary alicyclic amines) is 1. The molecule has 1 aliphatic heterocycles. The van der Waals surface area contributed by atoms with E-state index in [-0.39, 0.29) is 5.91 Å². The normalized spacial score (nSPS) is 17.3. The lowest BCUT2D eigenvalue weighted by atomic mass is 9.93. The maximum atomic E-state index is 10.7. The number of carbonyl (C=O) groups is 1. The average Bonchev–Trinajstić information content (AvgIpc) is 2.42. The van der Waals surface area contributed by atoms with Gasteiger partial charge in [0.25, 0.3) is 0 Å². The fourth-order valence-corrected chi connectivity index (χ4v) is 2.69. The van der Waals surface area contributed by atoms with Crippen LogP contribution in [-0.2, 0) is 11.3 Å². The van der Waals surface area contributed by atoms with E-state index in [0.717, 1.165) is 38.5 Å². The van der Waals surface area contributed by atoms with Crippen molar-refractivity contribution < 1.29 is 4.79 Å². The van der Waals surface area contributed by atoms with Gasteiger partial charge in [-0.25, -0.2) is 0 Å². The largest absolute Gasteiger partial charge is 0.356 e. The number of nitrogens with one attached hydrogen (secondary N) is 1. The Bertz CT molecular complexity index is 383. The standard InChI is InChI=1S/C16H23N2O/c1-14(19)17-10-7-15-8-11-18(12-9-15)13-16-5-3-2-4-6-16/h2-6,15H,1,7-13H2,(H,17,19). The van der Waals surface area contributed by atoms with E-state index in [2.05, 4.69) is 47.5 Å². The summed E-state index contributed by atoms with van der Waals surface area (Å²) < 4.78 is 0. The van der Waals surface area contributed by atoms with E-state index >= 15 is 0 Å². The van der Waals surface area contributed by atoms with Crippen LogP contribution in [-0.4, -0.2) is 30.4 Å². The molecule has 2 rings (SSSR count). The van der Waals surface area contributed by atoms with Crippen LogP contribution >= 0.6 is 0 Å². The fraction of sp³-hybridized carbons (Fsp3) is 0.500. The Morgan fingerprint density at radius 2 is 1.95 bits per heavy atom. The molecular formula is C16H23N2O. The summed E-state index contributed by atoms with van der Waals surface area (Å²) in [5.74, 6) is 0.584. The van der Waals surface area contributed by atoms with Crippen LogP contribution in [0.3, 0.4) is 0 Å². The van der Waals surface area contributed by atoms with Gasteiger partial charge in [0.1, 0.15) is 0 Å². The Hall–Kier alpha value is -1.35. The SMILES string of the molecule is [CH2]C(=O)NCCC1CCN(Cc2ccccc2)CC1. The third-order valence-corrected chi connectivity index (χ3v) is 3.83. The highest BCUT2D eigenvalue weighted by Gasteiger charge is 2.18. The molecule has 1 N–H and O–H groups in total. The van der Waals surface area contributed by atoms with E-state index in [4.69, 9.17) is 0 Å². The fourth-order valence-electron chi connectivity index (χ4n) is 2.69. The lowest BCUT2D eigenvalue weighted by Crippen LogP contribution is -2.34. The molecule has 103 valence electrons. The summed E-state index contributed by atoms with van der Waals surface area (Å²) in [7, 11) is 0. The minimum atomic E-state index is -0.165. The molecule has 1 amide bonds. The molecule has 19 heavy (non-hydrogen) atoms. The Morgan fingerprint density at radius 3 is 2.58 bits per heavy atom.